The highest BCUT2D eigenvalue weighted by atomic mass is 16.6. The molecule has 0 saturated heterocycles. The lowest BCUT2D eigenvalue weighted by Crippen LogP contribution is -2.30. The predicted octanol–water partition coefficient (Wildman–Crippen LogP) is 22.4. The lowest BCUT2D eigenvalue weighted by molar-refractivity contribution is -0.167. The second kappa shape index (κ2) is 65.3. The maximum Gasteiger partial charge on any atom is 0.306 e. The molecule has 6 heteroatoms. The predicted molar refractivity (Wildman–Crippen MR) is 339 cm³/mol. The molecule has 0 saturated carbocycles. The molecule has 0 aliphatic rings. The fourth-order valence-electron chi connectivity index (χ4n) is 8.80. The first-order chi connectivity index (χ1) is 38.5. The van der Waals surface area contributed by atoms with Gasteiger partial charge in [0.05, 0.1) is 0 Å². The van der Waals surface area contributed by atoms with Crippen LogP contribution in [0.1, 0.15) is 297 Å². The van der Waals surface area contributed by atoms with Gasteiger partial charge < -0.3 is 14.2 Å². The van der Waals surface area contributed by atoms with E-state index in [1.54, 1.807) is 0 Å². The van der Waals surface area contributed by atoms with E-state index in [0.29, 0.717) is 19.3 Å². The van der Waals surface area contributed by atoms with E-state index in [0.717, 1.165) is 141 Å². The summed E-state index contributed by atoms with van der Waals surface area (Å²) in [4.78, 5) is 38.3. The third-order valence-corrected chi connectivity index (χ3v) is 13.7. The van der Waals surface area contributed by atoms with Gasteiger partial charge in [0.1, 0.15) is 13.2 Å². The second-order valence-electron chi connectivity index (χ2n) is 21.3. The Morgan fingerprint density at radius 3 is 0.795 bits per heavy atom. The van der Waals surface area contributed by atoms with Crippen LogP contribution in [0.4, 0.5) is 0 Å². The van der Waals surface area contributed by atoms with Crippen LogP contribution in [0.5, 0.6) is 0 Å². The molecule has 0 aromatic rings. The van der Waals surface area contributed by atoms with Gasteiger partial charge in [0.2, 0.25) is 0 Å². The topological polar surface area (TPSA) is 78.9 Å². The molecule has 0 aliphatic heterocycles. The Morgan fingerprint density at radius 1 is 0.269 bits per heavy atom. The number of ether oxygens (including phenoxy) is 3. The molecule has 1 unspecified atom stereocenters. The van der Waals surface area contributed by atoms with Crippen LogP contribution in [0, 0.1) is 0 Å². The lowest BCUT2D eigenvalue weighted by atomic mass is 10.1. The SMILES string of the molecule is CC/C=C\C/C=C\C/C=C\C/C=C\C/C=C\C/C=C\C/C=C\C/C=C\CCCCCCCCC(=O)OCC(COC(=O)CCCCCCC/C=C\CCCCCCC)OC(=O)CCCCCCC/C=C\CCCCCCCC. The summed E-state index contributed by atoms with van der Waals surface area (Å²) in [5.41, 5.74) is 0. The summed E-state index contributed by atoms with van der Waals surface area (Å²) in [6.07, 6.45) is 90.6. The fraction of sp³-hybridized carbons (Fsp3) is 0.681. The summed E-state index contributed by atoms with van der Waals surface area (Å²) in [6, 6.07) is 0. The summed E-state index contributed by atoms with van der Waals surface area (Å²) in [5.74, 6) is -0.918. The number of rotatable bonds is 58. The first-order valence-corrected chi connectivity index (χ1v) is 32.5. The molecule has 0 bridgehead atoms. The summed E-state index contributed by atoms with van der Waals surface area (Å²) < 4.78 is 16.9. The van der Waals surface area contributed by atoms with Gasteiger partial charge in [-0.15, -0.1) is 0 Å². The molecule has 0 rings (SSSR count). The molecular weight excluding hydrogens is 961 g/mol. The maximum absolute atomic E-state index is 12.9. The molecule has 0 aromatic carbocycles. The maximum atomic E-state index is 12.9. The van der Waals surface area contributed by atoms with Gasteiger partial charge in [0.25, 0.3) is 0 Å². The molecule has 0 N–H and O–H groups in total. The van der Waals surface area contributed by atoms with E-state index in [-0.39, 0.29) is 31.1 Å². The van der Waals surface area contributed by atoms with E-state index in [2.05, 4.69) is 142 Å². The minimum absolute atomic E-state index is 0.0911. The molecule has 1 atom stereocenters. The standard InChI is InChI=1S/C72H120O6/c1-4-7-10-13-16-19-22-25-28-29-30-31-32-33-34-35-36-37-38-39-40-41-42-43-45-47-50-53-56-59-62-65-71(74)77-68-69(67-76-70(73)64-61-58-55-52-49-46-27-24-21-18-15-12-9-6-3)78-72(75)66-63-60-57-54-51-48-44-26-23-20-17-14-11-8-5-2/h7,10,16,19,24-28,30-31,33-34,36-37,39-40,42-44,69H,4-6,8-9,11-15,17-18,20-23,29,32,35,38,41,45-68H2,1-3H3/b10-7-,19-16-,27-24-,28-25-,31-30-,34-33-,37-36-,40-39-,43-42-,44-26-. The molecule has 0 fully saturated rings. The van der Waals surface area contributed by atoms with Gasteiger partial charge in [-0.05, 0) is 135 Å². The largest absolute Gasteiger partial charge is 0.462 e. The van der Waals surface area contributed by atoms with Crippen LogP contribution < -0.4 is 0 Å². The van der Waals surface area contributed by atoms with Crippen molar-refractivity contribution in [1.82, 2.24) is 0 Å². The van der Waals surface area contributed by atoms with Crippen LogP contribution in [-0.2, 0) is 28.6 Å². The average Bonchev–Trinajstić information content (AvgIpc) is 3.44. The molecular formula is C72H120O6. The molecule has 0 aromatic heterocycles. The summed E-state index contributed by atoms with van der Waals surface area (Å²) in [7, 11) is 0. The second-order valence-corrected chi connectivity index (χ2v) is 21.3. The zero-order valence-corrected chi connectivity index (χ0v) is 50.9. The number of unbranched alkanes of at least 4 members (excludes halogenated alkanes) is 27. The van der Waals surface area contributed by atoms with E-state index in [1.165, 1.54) is 116 Å². The molecule has 0 amide bonds. The Kier molecular flexibility index (Phi) is 61.8. The van der Waals surface area contributed by atoms with Gasteiger partial charge >= 0.3 is 17.9 Å². The molecule has 444 valence electrons. The monoisotopic (exact) mass is 1080 g/mol. The first kappa shape index (κ1) is 73.8. The van der Waals surface area contributed by atoms with Gasteiger partial charge in [-0.25, -0.2) is 0 Å². The van der Waals surface area contributed by atoms with Gasteiger partial charge in [-0.1, -0.05) is 264 Å². The van der Waals surface area contributed by atoms with E-state index in [4.69, 9.17) is 14.2 Å². The zero-order chi connectivity index (χ0) is 56.4. The van der Waals surface area contributed by atoms with Crippen molar-refractivity contribution < 1.29 is 28.6 Å². The number of allylic oxidation sites excluding steroid dienone is 20. The van der Waals surface area contributed by atoms with Crippen molar-refractivity contribution in [2.24, 2.45) is 0 Å². The quantitative estimate of drug-likeness (QED) is 0.0261. The number of hydrogen-bond donors (Lipinski definition) is 0. The number of esters is 3. The third kappa shape index (κ3) is 62.7. The van der Waals surface area contributed by atoms with Crippen LogP contribution in [0.2, 0.25) is 0 Å². The Morgan fingerprint density at radius 2 is 0.500 bits per heavy atom. The number of hydrogen-bond acceptors (Lipinski definition) is 6. The van der Waals surface area contributed by atoms with E-state index in [1.807, 2.05) is 0 Å². The fourth-order valence-corrected chi connectivity index (χ4v) is 8.80. The van der Waals surface area contributed by atoms with Crippen LogP contribution in [-0.4, -0.2) is 37.2 Å². The molecule has 6 nitrogen and oxygen atoms in total. The Bertz CT molecular complexity index is 1620. The molecule has 0 spiro atoms. The number of carbonyl (C=O) groups is 3. The van der Waals surface area contributed by atoms with Crippen molar-refractivity contribution in [3.05, 3.63) is 122 Å². The minimum atomic E-state index is -0.795. The smallest absolute Gasteiger partial charge is 0.306 e. The minimum Gasteiger partial charge on any atom is -0.462 e. The molecule has 0 aliphatic carbocycles. The highest BCUT2D eigenvalue weighted by molar-refractivity contribution is 5.71. The highest BCUT2D eigenvalue weighted by Crippen LogP contribution is 2.15. The van der Waals surface area contributed by atoms with Crippen molar-refractivity contribution >= 4 is 17.9 Å². The average molecular weight is 1080 g/mol. The van der Waals surface area contributed by atoms with Gasteiger partial charge in [-0.2, -0.15) is 0 Å². The summed E-state index contributed by atoms with van der Waals surface area (Å²) in [5, 5.41) is 0. The Hall–Kier alpha value is -4.19. The van der Waals surface area contributed by atoms with Gasteiger partial charge in [0.15, 0.2) is 6.10 Å². The normalized spacial score (nSPS) is 12.9. The van der Waals surface area contributed by atoms with E-state index >= 15 is 0 Å². The molecule has 0 radical (unpaired) electrons. The Balaban J connectivity index is 4.34. The van der Waals surface area contributed by atoms with Crippen molar-refractivity contribution in [3.63, 3.8) is 0 Å². The zero-order valence-electron chi connectivity index (χ0n) is 50.9. The molecule has 78 heavy (non-hydrogen) atoms. The number of carbonyl (C=O) groups excluding carboxylic acids is 3. The van der Waals surface area contributed by atoms with Crippen molar-refractivity contribution in [1.29, 1.82) is 0 Å². The summed E-state index contributed by atoms with van der Waals surface area (Å²) in [6.45, 7) is 6.50. The third-order valence-electron chi connectivity index (χ3n) is 13.7. The molecule has 0 heterocycles. The van der Waals surface area contributed by atoms with Crippen molar-refractivity contribution in [3.8, 4) is 0 Å². The summed E-state index contributed by atoms with van der Waals surface area (Å²) >= 11 is 0. The van der Waals surface area contributed by atoms with E-state index in [9.17, 15) is 14.4 Å². The van der Waals surface area contributed by atoms with Crippen LogP contribution in [0.15, 0.2) is 122 Å². The van der Waals surface area contributed by atoms with Crippen LogP contribution >= 0.6 is 0 Å². The van der Waals surface area contributed by atoms with Crippen LogP contribution in [0.3, 0.4) is 0 Å². The van der Waals surface area contributed by atoms with Crippen molar-refractivity contribution in [2.75, 3.05) is 13.2 Å². The van der Waals surface area contributed by atoms with Gasteiger partial charge in [-0.3, -0.25) is 14.4 Å². The van der Waals surface area contributed by atoms with E-state index < -0.39 is 6.10 Å². The highest BCUT2D eigenvalue weighted by Gasteiger charge is 2.19. The Labute approximate surface area is 482 Å². The first-order valence-electron chi connectivity index (χ1n) is 32.5. The van der Waals surface area contributed by atoms with Crippen molar-refractivity contribution in [2.45, 2.75) is 303 Å². The van der Waals surface area contributed by atoms with Gasteiger partial charge in [0, 0.05) is 19.3 Å². The lowest BCUT2D eigenvalue weighted by Gasteiger charge is -2.18. The van der Waals surface area contributed by atoms with Crippen LogP contribution in [0.25, 0.3) is 0 Å².